The second-order valence-electron chi connectivity index (χ2n) is 5.67. The molecule has 0 spiro atoms. The fourth-order valence-corrected chi connectivity index (χ4v) is 2.71. The van der Waals surface area contributed by atoms with Gasteiger partial charge in [0.2, 0.25) is 5.91 Å². The van der Waals surface area contributed by atoms with E-state index in [0.717, 1.165) is 25.9 Å². The molecule has 1 amide bonds. The summed E-state index contributed by atoms with van der Waals surface area (Å²) in [6, 6.07) is 0. The van der Waals surface area contributed by atoms with Gasteiger partial charge in [0.25, 0.3) is 0 Å². The van der Waals surface area contributed by atoms with Crippen LogP contribution in [0.25, 0.3) is 0 Å². The molecule has 106 valence electrons. The van der Waals surface area contributed by atoms with E-state index >= 15 is 0 Å². The van der Waals surface area contributed by atoms with Crippen LogP contribution in [0.4, 0.5) is 0 Å². The summed E-state index contributed by atoms with van der Waals surface area (Å²) in [5.74, 6) is 0.399. The first-order valence-corrected chi connectivity index (χ1v) is 8.12. The molecule has 1 saturated heterocycles. The van der Waals surface area contributed by atoms with Gasteiger partial charge in [-0.25, -0.2) is 0 Å². The van der Waals surface area contributed by atoms with Gasteiger partial charge in [0.15, 0.2) is 0 Å². The van der Waals surface area contributed by atoms with E-state index in [2.05, 4.69) is 6.92 Å². The minimum Gasteiger partial charge on any atom is -0.343 e. The lowest BCUT2D eigenvalue weighted by Crippen LogP contribution is -2.27. The molecule has 1 fully saturated rings. The number of unbranched alkanes of at least 4 members (excludes halogenated alkanes) is 8. The molecule has 0 aromatic rings. The topological polar surface area (TPSA) is 20.3 Å². The van der Waals surface area contributed by atoms with E-state index < -0.39 is 0 Å². The minimum absolute atomic E-state index is 0.399. The summed E-state index contributed by atoms with van der Waals surface area (Å²) in [4.78, 5) is 13.8. The first-order valence-electron chi connectivity index (χ1n) is 8.12. The van der Waals surface area contributed by atoms with Crippen LogP contribution in [0.3, 0.4) is 0 Å². The first-order chi connectivity index (χ1) is 8.84. The van der Waals surface area contributed by atoms with Crippen molar-refractivity contribution in [3.8, 4) is 0 Å². The third-order valence-electron chi connectivity index (χ3n) is 3.95. The molecular formula is C16H31NO. The van der Waals surface area contributed by atoms with Gasteiger partial charge in [0.1, 0.15) is 0 Å². The van der Waals surface area contributed by atoms with Crippen molar-refractivity contribution in [2.75, 3.05) is 13.1 Å². The van der Waals surface area contributed by atoms with E-state index in [0.29, 0.717) is 5.91 Å². The quantitative estimate of drug-likeness (QED) is 0.524. The van der Waals surface area contributed by atoms with Gasteiger partial charge in [-0.1, -0.05) is 58.3 Å². The van der Waals surface area contributed by atoms with E-state index in [1.54, 1.807) is 0 Å². The summed E-state index contributed by atoms with van der Waals surface area (Å²) in [5, 5.41) is 0. The van der Waals surface area contributed by atoms with Crippen LogP contribution in [0, 0.1) is 0 Å². The minimum atomic E-state index is 0.399. The molecule has 1 aliphatic heterocycles. The lowest BCUT2D eigenvalue weighted by molar-refractivity contribution is -0.130. The lowest BCUT2D eigenvalue weighted by Gasteiger charge is -2.14. The van der Waals surface area contributed by atoms with Crippen molar-refractivity contribution < 1.29 is 4.79 Å². The molecule has 0 unspecified atom stereocenters. The van der Waals surface area contributed by atoms with Gasteiger partial charge in [0.05, 0.1) is 0 Å². The molecule has 0 atom stereocenters. The van der Waals surface area contributed by atoms with Gasteiger partial charge in [0, 0.05) is 19.5 Å². The van der Waals surface area contributed by atoms with Gasteiger partial charge < -0.3 is 4.90 Å². The van der Waals surface area contributed by atoms with Crippen LogP contribution in [0.2, 0.25) is 0 Å². The zero-order valence-corrected chi connectivity index (χ0v) is 12.3. The maximum atomic E-state index is 11.8. The maximum Gasteiger partial charge on any atom is 0.222 e. The van der Waals surface area contributed by atoms with Gasteiger partial charge in [-0.3, -0.25) is 4.79 Å². The number of carbonyl (C=O) groups is 1. The summed E-state index contributed by atoms with van der Waals surface area (Å²) < 4.78 is 0. The fourth-order valence-electron chi connectivity index (χ4n) is 2.71. The molecule has 2 heteroatoms. The van der Waals surface area contributed by atoms with Crippen molar-refractivity contribution >= 4 is 5.91 Å². The Morgan fingerprint density at radius 2 is 1.33 bits per heavy atom. The molecule has 0 radical (unpaired) electrons. The molecule has 0 aromatic heterocycles. The van der Waals surface area contributed by atoms with Crippen LogP contribution in [0.5, 0.6) is 0 Å². The van der Waals surface area contributed by atoms with Crippen molar-refractivity contribution in [1.82, 2.24) is 4.90 Å². The Morgan fingerprint density at radius 1 is 0.833 bits per heavy atom. The van der Waals surface area contributed by atoms with E-state index in [4.69, 9.17) is 0 Å². The van der Waals surface area contributed by atoms with Crippen molar-refractivity contribution in [3.63, 3.8) is 0 Å². The van der Waals surface area contributed by atoms with Gasteiger partial charge in [-0.2, -0.15) is 0 Å². The smallest absolute Gasteiger partial charge is 0.222 e. The average molecular weight is 253 g/mol. The molecule has 1 heterocycles. The van der Waals surface area contributed by atoms with Crippen LogP contribution in [-0.2, 0) is 4.79 Å². The number of rotatable bonds is 10. The zero-order chi connectivity index (χ0) is 13.1. The van der Waals surface area contributed by atoms with Gasteiger partial charge >= 0.3 is 0 Å². The summed E-state index contributed by atoms with van der Waals surface area (Å²) >= 11 is 0. The number of carbonyl (C=O) groups excluding carboxylic acids is 1. The number of amides is 1. The van der Waals surface area contributed by atoms with Crippen molar-refractivity contribution in [2.24, 2.45) is 0 Å². The average Bonchev–Trinajstić information content (AvgIpc) is 2.90. The summed E-state index contributed by atoms with van der Waals surface area (Å²) in [6.45, 7) is 4.28. The van der Waals surface area contributed by atoms with Crippen LogP contribution in [-0.4, -0.2) is 23.9 Å². The molecule has 0 aromatic carbocycles. The normalized spacial score (nSPS) is 15.3. The van der Waals surface area contributed by atoms with E-state index in [-0.39, 0.29) is 0 Å². The Hall–Kier alpha value is -0.530. The number of nitrogens with zero attached hydrogens (tertiary/aromatic N) is 1. The van der Waals surface area contributed by atoms with Crippen LogP contribution < -0.4 is 0 Å². The van der Waals surface area contributed by atoms with E-state index in [1.165, 1.54) is 64.2 Å². The van der Waals surface area contributed by atoms with Gasteiger partial charge in [-0.15, -0.1) is 0 Å². The van der Waals surface area contributed by atoms with Crippen LogP contribution in [0.15, 0.2) is 0 Å². The highest BCUT2D eigenvalue weighted by molar-refractivity contribution is 5.76. The molecule has 18 heavy (non-hydrogen) atoms. The molecule has 2 nitrogen and oxygen atoms in total. The van der Waals surface area contributed by atoms with E-state index in [9.17, 15) is 4.79 Å². The van der Waals surface area contributed by atoms with Crippen molar-refractivity contribution in [2.45, 2.75) is 84.0 Å². The Kier molecular flexibility index (Phi) is 8.97. The van der Waals surface area contributed by atoms with Crippen LogP contribution >= 0.6 is 0 Å². The number of hydrogen-bond donors (Lipinski definition) is 0. The SMILES string of the molecule is CCCCCCCCCCCC(=O)N1CCCC1. The Morgan fingerprint density at radius 3 is 1.89 bits per heavy atom. The highest BCUT2D eigenvalue weighted by atomic mass is 16.2. The molecule has 0 aliphatic carbocycles. The van der Waals surface area contributed by atoms with E-state index in [1.807, 2.05) is 4.90 Å². The third-order valence-corrected chi connectivity index (χ3v) is 3.95. The zero-order valence-electron chi connectivity index (χ0n) is 12.3. The molecule has 0 N–H and O–H groups in total. The second-order valence-corrected chi connectivity index (χ2v) is 5.67. The third kappa shape index (κ3) is 7.03. The van der Waals surface area contributed by atoms with Crippen molar-refractivity contribution in [1.29, 1.82) is 0 Å². The molecule has 1 rings (SSSR count). The summed E-state index contributed by atoms with van der Waals surface area (Å²) in [7, 11) is 0. The monoisotopic (exact) mass is 253 g/mol. The standard InChI is InChI=1S/C16H31NO/c1-2-3-4-5-6-7-8-9-10-13-16(18)17-14-11-12-15-17/h2-15H2,1H3. The number of likely N-dealkylation sites (tertiary alicyclic amines) is 1. The second kappa shape index (κ2) is 10.4. The van der Waals surface area contributed by atoms with Gasteiger partial charge in [-0.05, 0) is 19.3 Å². The Labute approximate surface area is 113 Å². The molecular weight excluding hydrogens is 222 g/mol. The number of hydrogen-bond acceptors (Lipinski definition) is 1. The summed E-state index contributed by atoms with van der Waals surface area (Å²) in [5.41, 5.74) is 0. The molecule has 0 saturated carbocycles. The predicted molar refractivity (Wildman–Crippen MR) is 77.7 cm³/mol. The highest BCUT2D eigenvalue weighted by Gasteiger charge is 2.16. The van der Waals surface area contributed by atoms with Crippen molar-refractivity contribution in [3.05, 3.63) is 0 Å². The first kappa shape index (κ1) is 15.5. The molecule has 0 bridgehead atoms. The largest absolute Gasteiger partial charge is 0.343 e. The fraction of sp³-hybridized carbons (Fsp3) is 0.938. The molecule has 1 aliphatic rings. The lowest BCUT2D eigenvalue weighted by atomic mass is 10.1. The highest BCUT2D eigenvalue weighted by Crippen LogP contribution is 2.13. The Balaban J connectivity index is 1.82. The summed E-state index contributed by atoms with van der Waals surface area (Å²) in [6.07, 6.45) is 15.2. The Bertz CT molecular complexity index is 209. The maximum absolute atomic E-state index is 11.8. The van der Waals surface area contributed by atoms with Crippen LogP contribution in [0.1, 0.15) is 84.0 Å². The predicted octanol–water partition coefficient (Wildman–Crippen LogP) is 4.53.